The van der Waals surface area contributed by atoms with Gasteiger partial charge >= 0.3 is 0 Å². The molecule has 0 bridgehead atoms. The third-order valence-electron chi connectivity index (χ3n) is 5.91. The van der Waals surface area contributed by atoms with Crippen molar-refractivity contribution >= 4 is 21.6 Å². The molecule has 0 unspecified atom stereocenters. The monoisotopic (exact) mass is 480 g/mol. The molecule has 5 rings (SSSR count). The van der Waals surface area contributed by atoms with Crippen LogP contribution in [0.1, 0.15) is 15.9 Å². The Morgan fingerprint density at radius 3 is 2.68 bits per heavy atom. The maximum Gasteiger partial charge on any atom is 0.264 e. The number of hydrogen-bond acceptors (Lipinski definition) is 6. The number of anilines is 1. The highest BCUT2D eigenvalue weighted by atomic mass is 32.2. The fourth-order valence-electron chi connectivity index (χ4n) is 4.18. The summed E-state index contributed by atoms with van der Waals surface area (Å²) in [5.74, 6) is 1.10. The molecule has 2 aliphatic rings. The maximum absolute atomic E-state index is 13.4. The van der Waals surface area contributed by atoms with E-state index in [-0.39, 0.29) is 35.5 Å². The van der Waals surface area contributed by atoms with Crippen LogP contribution in [0.5, 0.6) is 17.2 Å². The van der Waals surface area contributed by atoms with Crippen molar-refractivity contribution < 1.29 is 27.4 Å². The molecule has 1 N–H and O–H groups in total. The van der Waals surface area contributed by atoms with Gasteiger partial charge in [-0.05, 0) is 48.4 Å². The van der Waals surface area contributed by atoms with Crippen molar-refractivity contribution in [2.45, 2.75) is 17.4 Å². The van der Waals surface area contributed by atoms with Crippen molar-refractivity contribution in [3.05, 3.63) is 77.9 Å². The SMILES string of the molecule is COc1ccc(S(=O)(=O)N2CCc3ccccc32)cc1C(=O)NC[C@@H]1COc2ccccc2O1. The molecule has 3 aromatic rings. The van der Waals surface area contributed by atoms with E-state index in [1.807, 2.05) is 36.4 Å². The Balaban J connectivity index is 1.35. The van der Waals surface area contributed by atoms with E-state index in [1.165, 1.54) is 29.6 Å². The number of carbonyl (C=O) groups is 1. The molecular formula is C25H24N2O6S. The quantitative estimate of drug-likeness (QED) is 0.583. The number of hydrogen-bond donors (Lipinski definition) is 1. The number of amides is 1. The summed E-state index contributed by atoms with van der Waals surface area (Å²) in [6.07, 6.45) is 0.267. The van der Waals surface area contributed by atoms with Crippen LogP contribution in [0, 0.1) is 0 Å². The molecule has 0 saturated carbocycles. The number of para-hydroxylation sites is 3. The molecule has 1 amide bonds. The van der Waals surface area contributed by atoms with E-state index < -0.39 is 15.9 Å². The van der Waals surface area contributed by atoms with Crippen LogP contribution in [0.25, 0.3) is 0 Å². The number of nitrogens with zero attached hydrogens (tertiary/aromatic N) is 1. The molecule has 0 aromatic heterocycles. The number of benzene rings is 3. The molecule has 0 fully saturated rings. The topological polar surface area (TPSA) is 94.2 Å². The summed E-state index contributed by atoms with van der Waals surface area (Å²) >= 11 is 0. The Labute approximate surface area is 198 Å². The number of ether oxygens (including phenoxy) is 3. The molecule has 8 nitrogen and oxygen atoms in total. The number of nitrogens with one attached hydrogen (secondary N) is 1. The van der Waals surface area contributed by atoms with E-state index in [0.717, 1.165) is 5.56 Å². The van der Waals surface area contributed by atoms with Gasteiger partial charge in [0.25, 0.3) is 15.9 Å². The fraction of sp³-hybridized carbons (Fsp3) is 0.240. The first-order valence-electron chi connectivity index (χ1n) is 10.9. The molecule has 0 saturated heterocycles. The first-order chi connectivity index (χ1) is 16.5. The molecular weight excluding hydrogens is 456 g/mol. The lowest BCUT2D eigenvalue weighted by atomic mass is 10.2. The fourth-order valence-corrected chi connectivity index (χ4v) is 5.71. The molecule has 0 aliphatic carbocycles. The number of rotatable bonds is 6. The Morgan fingerprint density at radius 1 is 1.09 bits per heavy atom. The van der Waals surface area contributed by atoms with Gasteiger partial charge in [-0.2, -0.15) is 0 Å². The zero-order valence-electron chi connectivity index (χ0n) is 18.6. The van der Waals surface area contributed by atoms with Gasteiger partial charge in [0.1, 0.15) is 18.5 Å². The lowest BCUT2D eigenvalue weighted by molar-refractivity contribution is 0.0787. The summed E-state index contributed by atoms with van der Waals surface area (Å²) in [6.45, 7) is 0.833. The standard InChI is InChI=1S/C25H24N2O6S/c1-31-22-11-10-19(34(29,30)27-13-12-17-6-2-3-7-21(17)27)14-20(22)25(28)26-15-18-16-32-23-8-4-5-9-24(23)33-18/h2-11,14,18H,12-13,15-16H2,1H3,(H,26,28)/t18-/m1/s1. The minimum absolute atomic E-state index is 0.0290. The molecule has 2 aliphatic heterocycles. The predicted molar refractivity (Wildman–Crippen MR) is 126 cm³/mol. The lowest BCUT2D eigenvalue weighted by Gasteiger charge is -2.26. The average molecular weight is 481 g/mol. The molecule has 1 atom stereocenters. The van der Waals surface area contributed by atoms with Crippen LogP contribution in [-0.2, 0) is 16.4 Å². The van der Waals surface area contributed by atoms with E-state index in [2.05, 4.69) is 5.32 Å². The first-order valence-corrected chi connectivity index (χ1v) is 12.4. The summed E-state index contributed by atoms with van der Waals surface area (Å²) in [7, 11) is -2.41. The van der Waals surface area contributed by atoms with Crippen LogP contribution >= 0.6 is 0 Å². The van der Waals surface area contributed by atoms with E-state index in [1.54, 1.807) is 12.1 Å². The van der Waals surface area contributed by atoms with Gasteiger partial charge in [-0.25, -0.2) is 8.42 Å². The third kappa shape index (κ3) is 4.03. The lowest BCUT2D eigenvalue weighted by Crippen LogP contribution is -2.40. The second kappa shape index (κ2) is 8.90. The van der Waals surface area contributed by atoms with Crippen LogP contribution < -0.4 is 23.8 Å². The van der Waals surface area contributed by atoms with Crippen molar-refractivity contribution in [2.24, 2.45) is 0 Å². The Bertz CT molecular complexity index is 1340. The van der Waals surface area contributed by atoms with Crippen LogP contribution in [0.4, 0.5) is 5.69 Å². The molecule has 34 heavy (non-hydrogen) atoms. The molecule has 0 radical (unpaired) electrons. The number of sulfonamides is 1. The summed E-state index contributed by atoms with van der Waals surface area (Å²) in [5, 5.41) is 2.81. The Kier molecular flexibility index (Phi) is 5.79. The van der Waals surface area contributed by atoms with E-state index >= 15 is 0 Å². The zero-order valence-corrected chi connectivity index (χ0v) is 19.4. The normalized spacial score (nSPS) is 16.6. The van der Waals surface area contributed by atoms with Gasteiger partial charge in [0.05, 0.1) is 29.8 Å². The van der Waals surface area contributed by atoms with Gasteiger partial charge < -0.3 is 19.5 Å². The average Bonchev–Trinajstić information content (AvgIpc) is 3.32. The molecule has 9 heteroatoms. The Hall–Kier alpha value is -3.72. The van der Waals surface area contributed by atoms with Gasteiger partial charge in [0, 0.05) is 6.54 Å². The second-order valence-electron chi connectivity index (χ2n) is 8.03. The minimum Gasteiger partial charge on any atom is -0.496 e. The van der Waals surface area contributed by atoms with Crippen molar-refractivity contribution in [2.75, 3.05) is 31.1 Å². The maximum atomic E-state index is 13.4. The van der Waals surface area contributed by atoms with E-state index in [4.69, 9.17) is 14.2 Å². The highest BCUT2D eigenvalue weighted by Gasteiger charge is 2.32. The van der Waals surface area contributed by atoms with Crippen LogP contribution in [-0.4, -0.2) is 47.2 Å². The number of methoxy groups -OCH3 is 1. The van der Waals surface area contributed by atoms with Crippen molar-refractivity contribution in [1.82, 2.24) is 5.32 Å². The van der Waals surface area contributed by atoms with Gasteiger partial charge in [-0.15, -0.1) is 0 Å². The second-order valence-corrected chi connectivity index (χ2v) is 9.89. The number of carbonyl (C=O) groups excluding carboxylic acids is 1. The molecule has 2 heterocycles. The third-order valence-corrected chi connectivity index (χ3v) is 7.72. The van der Waals surface area contributed by atoms with Crippen LogP contribution in [0.15, 0.2) is 71.6 Å². The molecule has 3 aromatic carbocycles. The summed E-state index contributed by atoms with van der Waals surface area (Å²) in [4.78, 5) is 13.0. The molecule has 176 valence electrons. The van der Waals surface area contributed by atoms with Crippen molar-refractivity contribution in [1.29, 1.82) is 0 Å². The van der Waals surface area contributed by atoms with Crippen LogP contribution in [0.2, 0.25) is 0 Å². The highest BCUT2D eigenvalue weighted by molar-refractivity contribution is 7.92. The largest absolute Gasteiger partial charge is 0.496 e. The first kappa shape index (κ1) is 22.1. The van der Waals surface area contributed by atoms with Gasteiger partial charge in [-0.1, -0.05) is 30.3 Å². The number of fused-ring (bicyclic) bond motifs is 2. The van der Waals surface area contributed by atoms with Crippen LogP contribution in [0.3, 0.4) is 0 Å². The highest BCUT2D eigenvalue weighted by Crippen LogP contribution is 2.34. The predicted octanol–water partition coefficient (Wildman–Crippen LogP) is 3.02. The van der Waals surface area contributed by atoms with E-state index in [9.17, 15) is 13.2 Å². The van der Waals surface area contributed by atoms with Crippen molar-refractivity contribution in [3.8, 4) is 17.2 Å². The van der Waals surface area contributed by atoms with Gasteiger partial charge in [0.15, 0.2) is 11.5 Å². The minimum atomic E-state index is -3.85. The van der Waals surface area contributed by atoms with Crippen molar-refractivity contribution in [3.63, 3.8) is 0 Å². The summed E-state index contributed by atoms with van der Waals surface area (Å²) < 4.78 is 45.1. The van der Waals surface area contributed by atoms with E-state index in [0.29, 0.717) is 30.2 Å². The van der Waals surface area contributed by atoms with Gasteiger partial charge in [0.2, 0.25) is 0 Å². The Morgan fingerprint density at radius 2 is 1.85 bits per heavy atom. The van der Waals surface area contributed by atoms with Gasteiger partial charge in [-0.3, -0.25) is 9.10 Å². The smallest absolute Gasteiger partial charge is 0.264 e. The molecule has 0 spiro atoms. The zero-order chi connectivity index (χ0) is 23.7. The summed E-state index contributed by atoms with van der Waals surface area (Å²) in [5.41, 5.74) is 1.78. The summed E-state index contributed by atoms with van der Waals surface area (Å²) in [6, 6.07) is 19.1.